The van der Waals surface area contributed by atoms with Gasteiger partial charge < -0.3 is 19.8 Å². The van der Waals surface area contributed by atoms with Crippen molar-refractivity contribution in [1.82, 2.24) is 15.1 Å². The number of amides is 1. The van der Waals surface area contributed by atoms with Gasteiger partial charge in [0.05, 0.1) is 12.6 Å². The fourth-order valence-electron chi connectivity index (χ4n) is 4.71. The van der Waals surface area contributed by atoms with Crippen LogP contribution in [0.5, 0.6) is 11.5 Å². The molecule has 3 aromatic carbocycles. The Kier molecular flexibility index (Phi) is 6.01. The van der Waals surface area contributed by atoms with Gasteiger partial charge in [-0.05, 0) is 54.3 Å². The van der Waals surface area contributed by atoms with E-state index in [-0.39, 0.29) is 24.8 Å². The van der Waals surface area contributed by atoms with E-state index in [2.05, 4.69) is 10.2 Å². The lowest BCUT2D eigenvalue weighted by atomic mass is 9.94. The van der Waals surface area contributed by atoms with E-state index in [1.54, 1.807) is 4.90 Å². The number of aromatic hydroxyl groups is 1. The van der Waals surface area contributed by atoms with Crippen molar-refractivity contribution in [3.8, 4) is 22.8 Å². The zero-order valence-corrected chi connectivity index (χ0v) is 19.7. The van der Waals surface area contributed by atoms with Crippen LogP contribution in [-0.4, -0.2) is 44.4 Å². The van der Waals surface area contributed by atoms with E-state index in [9.17, 15) is 15.0 Å². The van der Waals surface area contributed by atoms with Crippen LogP contribution in [0.1, 0.15) is 44.3 Å². The minimum Gasteiger partial charge on any atom is -0.507 e. The normalized spacial score (nSPS) is 14.9. The number of phenols is 1. The van der Waals surface area contributed by atoms with Crippen LogP contribution < -0.4 is 4.74 Å². The van der Waals surface area contributed by atoms with Gasteiger partial charge in [-0.3, -0.25) is 9.89 Å². The summed E-state index contributed by atoms with van der Waals surface area (Å²) in [5.41, 5.74) is 5.85. The molecule has 4 aromatic rings. The highest BCUT2D eigenvalue weighted by atomic mass is 16.5. The molecule has 0 spiro atoms. The molecule has 35 heavy (non-hydrogen) atoms. The quantitative estimate of drug-likeness (QED) is 0.370. The minimum atomic E-state index is -0.457. The summed E-state index contributed by atoms with van der Waals surface area (Å²) in [6.45, 7) is 4.27. The van der Waals surface area contributed by atoms with Crippen molar-refractivity contribution in [2.24, 2.45) is 0 Å². The van der Waals surface area contributed by atoms with Gasteiger partial charge in [-0.2, -0.15) is 5.10 Å². The van der Waals surface area contributed by atoms with E-state index in [1.807, 2.05) is 80.6 Å². The molecule has 2 heterocycles. The Bertz CT molecular complexity index is 1360. The third kappa shape index (κ3) is 4.15. The van der Waals surface area contributed by atoms with Gasteiger partial charge in [0.15, 0.2) is 0 Å². The average Bonchev–Trinajstić information content (AvgIpc) is 3.40. The fourth-order valence-corrected chi connectivity index (χ4v) is 4.71. The Balaban J connectivity index is 1.52. The molecule has 1 amide bonds. The summed E-state index contributed by atoms with van der Waals surface area (Å²) in [7, 11) is 0. The maximum Gasteiger partial charge on any atom is 0.273 e. The highest BCUT2D eigenvalue weighted by Crippen LogP contribution is 2.45. The van der Waals surface area contributed by atoms with Crippen LogP contribution in [0.4, 0.5) is 0 Å². The first-order valence-corrected chi connectivity index (χ1v) is 11.5. The van der Waals surface area contributed by atoms with Gasteiger partial charge in [0.1, 0.15) is 29.5 Å². The number of carbonyl (C=O) groups is 1. The fraction of sp³-hybridized carbons (Fsp3) is 0.214. The van der Waals surface area contributed by atoms with Gasteiger partial charge in [-0.25, -0.2) is 0 Å². The molecule has 7 nitrogen and oxygen atoms in total. The van der Waals surface area contributed by atoms with Gasteiger partial charge in [-0.15, -0.1) is 0 Å². The number of rotatable bonds is 7. The molecular formula is C28H27N3O4. The van der Waals surface area contributed by atoms with Crippen molar-refractivity contribution in [3.63, 3.8) is 0 Å². The van der Waals surface area contributed by atoms with Crippen molar-refractivity contribution < 1.29 is 19.7 Å². The Morgan fingerprint density at radius 1 is 1.06 bits per heavy atom. The Morgan fingerprint density at radius 3 is 2.51 bits per heavy atom. The smallest absolute Gasteiger partial charge is 0.273 e. The lowest BCUT2D eigenvalue weighted by Crippen LogP contribution is -2.32. The van der Waals surface area contributed by atoms with Crippen LogP contribution in [0.2, 0.25) is 0 Å². The largest absolute Gasteiger partial charge is 0.507 e. The lowest BCUT2D eigenvalue weighted by Gasteiger charge is -2.26. The van der Waals surface area contributed by atoms with Crippen molar-refractivity contribution in [3.05, 3.63) is 100 Å². The lowest BCUT2D eigenvalue weighted by molar-refractivity contribution is 0.0706. The first kappa shape index (κ1) is 22.7. The summed E-state index contributed by atoms with van der Waals surface area (Å²) in [5, 5.41) is 27.8. The Labute approximate surface area is 203 Å². The summed E-state index contributed by atoms with van der Waals surface area (Å²) >= 11 is 0. The van der Waals surface area contributed by atoms with Crippen LogP contribution in [0.15, 0.2) is 66.7 Å². The predicted molar refractivity (Wildman–Crippen MR) is 132 cm³/mol. The van der Waals surface area contributed by atoms with Gasteiger partial charge in [0, 0.05) is 17.7 Å². The first-order chi connectivity index (χ1) is 17.0. The molecule has 1 aliphatic heterocycles. The standard InChI is InChI=1S/C28H27N3O4/c1-17-14-18(2)27(33)22(15-17)24-23-25(30-29-24)28(34)31(12-13-32)26(23)20-8-10-21(11-9-20)35-16-19-6-4-3-5-7-19/h3-11,14-15,26,32-33H,12-13,16H2,1-2H3,(H,29,30). The number of carbonyl (C=O) groups excluding carboxylic acids is 1. The molecule has 3 N–H and O–H groups in total. The second kappa shape index (κ2) is 9.27. The average molecular weight is 470 g/mol. The number of β-amino-alcohol motifs (C(OH)–C–C–N with tert-alkyl or cyclic N) is 1. The van der Waals surface area contributed by atoms with Gasteiger partial charge in [0.25, 0.3) is 5.91 Å². The molecule has 0 radical (unpaired) electrons. The zero-order valence-electron chi connectivity index (χ0n) is 19.7. The minimum absolute atomic E-state index is 0.140. The van der Waals surface area contributed by atoms with Crippen LogP contribution >= 0.6 is 0 Å². The number of nitrogens with one attached hydrogen (secondary N) is 1. The van der Waals surface area contributed by atoms with E-state index < -0.39 is 6.04 Å². The summed E-state index contributed by atoms with van der Waals surface area (Å²) < 4.78 is 5.92. The van der Waals surface area contributed by atoms with Gasteiger partial charge in [0.2, 0.25) is 0 Å². The number of aromatic nitrogens is 2. The van der Waals surface area contributed by atoms with E-state index in [0.717, 1.165) is 28.0 Å². The second-order valence-electron chi connectivity index (χ2n) is 8.81. The van der Waals surface area contributed by atoms with Crippen molar-refractivity contribution in [2.45, 2.75) is 26.5 Å². The summed E-state index contributed by atoms with van der Waals surface area (Å²) in [5.74, 6) is 0.627. The highest BCUT2D eigenvalue weighted by molar-refractivity contribution is 6.00. The molecule has 1 aliphatic rings. The van der Waals surface area contributed by atoms with E-state index >= 15 is 0 Å². The Hall–Kier alpha value is -4.10. The van der Waals surface area contributed by atoms with E-state index in [4.69, 9.17) is 4.74 Å². The third-order valence-corrected chi connectivity index (χ3v) is 6.35. The summed E-state index contributed by atoms with van der Waals surface area (Å²) in [4.78, 5) is 14.8. The molecule has 5 rings (SSSR count). The second-order valence-corrected chi connectivity index (χ2v) is 8.81. The number of aliphatic hydroxyl groups is 1. The monoisotopic (exact) mass is 469 g/mol. The molecule has 0 saturated carbocycles. The number of fused-ring (bicyclic) bond motifs is 1. The summed E-state index contributed by atoms with van der Waals surface area (Å²) in [6.07, 6.45) is 0. The van der Waals surface area contributed by atoms with Gasteiger partial charge in [-0.1, -0.05) is 48.5 Å². The van der Waals surface area contributed by atoms with Gasteiger partial charge >= 0.3 is 0 Å². The van der Waals surface area contributed by atoms with Crippen LogP contribution in [0.25, 0.3) is 11.3 Å². The molecular weight excluding hydrogens is 442 g/mol. The topological polar surface area (TPSA) is 98.7 Å². The number of aromatic amines is 1. The first-order valence-electron chi connectivity index (χ1n) is 11.5. The number of phenolic OH excluding ortho intramolecular Hbond substituents is 1. The van der Waals surface area contributed by atoms with E-state index in [0.29, 0.717) is 29.1 Å². The number of H-pyrrole nitrogens is 1. The van der Waals surface area contributed by atoms with Crippen molar-refractivity contribution in [1.29, 1.82) is 0 Å². The molecule has 7 heteroatoms. The highest BCUT2D eigenvalue weighted by Gasteiger charge is 2.42. The number of aliphatic hydroxyl groups excluding tert-OH is 1. The van der Waals surface area contributed by atoms with Crippen LogP contribution in [0, 0.1) is 13.8 Å². The number of aryl methyl sites for hydroxylation is 2. The van der Waals surface area contributed by atoms with E-state index in [1.165, 1.54) is 0 Å². The zero-order chi connectivity index (χ0) is 24.5. The maximum atomic E-state index is 13.2. The van der Waals surface area contributed by atoms with Crippen LogP contribution in [0.3, 0.4) is 0 Å². The number of ether oxygens (including phenoxy) is 1. The number of nitrogens with zero attached hydrogens (tertiary/aromatic N) is 2. The molecule has 0 aliphatic carbocycles. The Morgan fingerprint density at radius 2 is 1.80 bits per heavy atom. The maximum absolute atomic E-state index is 13.2. The number of hydrogen-bond acceptors (Lipinski definition) is 5. The van der Waals surface area contributed by atoms with Crippen molar-refractivity contribution in [2.75, 3.05) is 13.2 Å². The third-order valence-electron chi connectivity index (χ3n) is 6.35. The molecule has 0 saturated heterocycles. The molecule has 0 fully saturated rings. The molecule has 0 bridgehead atoms. The molecule has 1 atom stereocenters. The number of hydrogen-bond donors (Lipinski definition) is 3. The number of benzene rings is 3. The molecule has 178 valence electrons. The SMILES string of the molecule is Cc1cc(C)c(O)c(-c2n[nH]c3c2C(c2ccc(OCc4ccccc4)cc2)N(CCO)C3=O)c1. The predicted octanol–water partition coefficient (Wildman–Crippen LogP) is 4.52. The molecule has 1 aromatic heterocycles. The molecule has 1 unspecified atom stereocenters. The van der Waals surface area contributed by atoms with Crippen molar-refractivity contribution >= 4 is 5.91 Å². The summed E-state index contributed by atoms with van der Waals surface area (Å²) in [6, 6.07) is 20.9. The van der Waals surface area contributed by atoms with Crippen LogP contribution in [-0.2, 0) is 6.61 Å².